The number of piperidine rings is 1. The average Bonchev–Trinajstić information content (AvgIpc) is 2.58. The third-order valence-electron chi connectivity index (χ3n) is 3.76. The van der Waals surface area contributed by atoms with Gasteiger partial charge in [0.25, 0.3) is 5.91 Å². The number of nitrogens with zero attached hydrogens (tertiary/aromatic N) is 2. The summed E-state index contributed by atoms with van der Waals surface area (Å²) in [6, 6.07) is 3.67. The number of anilines is 1. The maximum Gasteiger partial charge on any atom is 0.255 e. The third kappa shape index (κ3) is 7.21. The van der Waals surface area contributed by atoms with Crippen LogP contribution in [0.1, 0.15) is 29.6 Å². The largest absolute Gasteiger partial charge is 0.383 e. The molecule has 0 unspecified atom stereocenters. The highest BCUT2D eigenvalue weighted by atomic mass is 35.5. The van der Waals surface area contributed by atoms with Gasteiger partial charge in [0.05, 0.1) is 12.2 Å². The highest BCUT2D eigenvalue weighted by Crippen LogP contribution is 2.21. The van der Waals surface area contributed by atoms with E-state index >= 15 is 0 Å². The maximum absolute atomic E-state index is 12.4. The molecule has 1 amide bonds. The highest BCUT2D eigenvalue weighted by Gasteiger charge is 2.19. The minimum Gasteiger partial charge on any atom is -0.383 e. The number of ether oxygens (including phenoxy) is 1. The van der Waals surface area contributed by atoms with Crippen molar-refractivity contribution in [1.29, 1.82) is 0 Å². The van der Waals surface area contributed by atoms with Gasteiger partial charge in [0, 0.05) is 46.0 Å². The van der Waals surface area contributed by atoms with Gasteiger partial charge in [-0.1, -0.05) is 0 Å². The molecular weight excluding hydrogens is 351 g/mol. The molecule has 1 saturated heterocycles. The fraction of sp³-hybridized carbons (Fsp3) is 0.625. The van der Waals surface area contributed by atoms with Gasteiger partial charge in [-0.3, -0.25) is 4.79 Å². The molecule has 0 atom stereocenters. The molecule has 0 aromatic carbocycles. The van der Waals surface area contributed by atoms with Crippen LogP contribution in [0.3, 0.4) is 0 Å². The van der Waals surface area contributed by atoms with E-state index < -0.39 is 0 Å². The lowest BCUT2D eigenvalue weighted by Gasteiger charge is -2.29. The number of nitrogens with one attached hydrogen (secondary N) is 2. The van der Waals surface area contributed by atoms with E-state index in [1.165, 1.54) is 19.3 Å². The quantitative estimate of drug-likeness (QED) is 0.676. The van der Waals surface area contributed by atoms with Gasteiger partial charge in [-0.2, -0.15) is 0 Å². The molecule has 1 aliphatic heterocycles. The SMILES string of the molecule is COCCNCCNC(=O)c1cccnc1N1CCCCC1.Cl.Cl. The minimum atomic E-state index is -0.0535. The van der Waals surface area contributed by atoms with Crippen molar-refractivity contribution in [3.63, 3.8) is 0 Å². The second-order valence-corrected chi connectivity index (χ2v) is 5.42. The van der Waals surface area contributed by atoms with Crippen LogP contribution in [0.2, 0.25) is 0 Å². The van der Waals surface area contributed by atoms with Gasteiger partial charge in [-0.25, -0.2) is 4.98 Å². The molecule has 138 valence electrons. The van der Waals surface area contributed by atoms with E-state index in [9.17, 15) is 4.79 Å². The molecule has 1 aromatic heterocycles. The molecule has 1 aromatic rings. The van der Waals surface area contributed by atoms with E-state index in [2.05, 4.69) is 20.5 Å². The van der Waals surface area contributed by atoms with E-state index in [0.29, 0.717) is 18.7 Å². The standard InChI is InChI=1S/C16H26N4O2.2ClH/c1-22-13-10-17-8-9-19-16(21)14-6-5-7-18-15(14)20-11-3-2-4-12-20;;/h5-7,17H,2-4,8-13H2,1H3,(H,19,21);2*1H. The Balaban J connectivity index is 0.00000264. The van der Waals surface area contributed by atoms with Gasteiger partial charge < -0.3 is 20.3 Å². The average molecular weight is 379 g/mol. The van der Waals surface area contributed by atoms with Crippen molar-refractivity contribution in [2.45, 2.75) is 19.3 Å². The van der Waals surface area contributed by atoms with E-state index in [1.807, 2.05) is 12.1 Å². The van der Waals surface area contributed by atoms with Gasteiger partial charge in [0.1, 0.15) is 5.82 Å². The van der Waals surface area contributed by atoms with Gasteiger partial charge in [0.15, 0.2) is 0 Å². The molecule has 0 saturated carbocycles. The van der Waals surface area contributed by atoms with Crippen molar-refractivity contribution in [2.24, 2.45) is 0 Å². The number of amides is 1. The lowest BCUT2D eigenvalue weighted by atomic mass is 10.1. The van der Waals surface area contributed by atoms with E-state index in [-0.39, 0.29) is 30.7 Å². The van der Waals surface area contributed by atoms with Crippen LogP contribution < -0.4 is 15.5 Å². The van der Waals surface area contributed by atoms with Crippen LogP contribution in [0.25, 0.3) is 0 Å². The first kappa shape index (κ1) is 22.9. The summed E-state index contributed by atoms with van der Waals surface area (Å²) in [5.74, 6) is 0.759. The van der Waals surface area contributed by atoms with E-state index in [1.54, 1.807) is 13.3 Å². The first-order chi connectivity index (χ1) is 10.8. The zero-order valence-corrected chi connectivity index (χ0v) is 15.8. The highest BCUT2D eigenvalue weighted by molar-refractivity contribution is 5.98. The number of methoxy groups -OCH3 is 1. The van der Waals surface area contributed by atoms with Crippen molar-refractivity contribution < 1.29 is 9.53 Å². The van der Waals surface area contributed by atoms with E-state index in [4.69, 9.17) is 4.74 Å². The Morgan fingerprint density at radius 1 is 1.21 bits per heavy atom. The van der Waals surface area contributed by atoms with E-state index in [0.717, 1.165) is 32.0 Å². The van der Waals surface area contributed by atoms with Crippen molar-refractivity contribution in [3.05, 3.63) is 23.9 Å². The lowest BCUT2D eigenvalue weighted by molar-refractivity contribution is 0.0954. The summed E-state index contributed by atoms with van der Waals surface area (Å²) in [5.41, 5.74) is 0.668. The molecule has 0 radical (unpaired) electrons. The zero-order valence-electron chi connectivity index (χ0n) is 14.1. The Hall–Kier alpha value is -1.08. The number of halogens is 2. The number of hydrogen-bond donors (Lipinski definition) is 2. The molecule has 2 heterocycles. The van der Waals surface area contributed by atoms with Crippen LogP contribution in [-0.2, 0) is 4.74 Å². The molecular formula is C16H28Cl2N4O2. The number of rotatable bonds is 8. The molecule has 6 nitrogen and oxygen atoms in total. The van der Waals surface area contributed by atoms with Gasteiger partial charge >= 0.3 is 0 Å². The summed E-state index contributed by atoms with van der Waals surface area (Å²) in [7, 11) is 1.67. The Morgan fingerprint density at radius 2 is 1.96 bits per heavy atom. The Morgan fingerprint density at radius 3 is 2.67 bits per heavy atom. The summed E-state index contributed by atoms with van der Waals surface area (Å²) in [6.07, 6.45) is 5.35. The Kier molecular flexibility index (Phi) is 12.6. The van der Waals surface area contributed by atoms with Crippen molar-refractivity contribution >= 4 is 36.5 Å². The number of hydrogen-bond acceptors (Lipinski definition) is 5. The second kappa shape index (κ2) is 13.2. The van der Waals surface area contributed by atoms with Gasteiger partial charge in [-0.05, 0) is 31.4 Å². The summed E-state index contributed by atoms with van der Waals surface area (Å²) in [6.45, 7) is 4.75. The first-order valence-electron chi connectivity index (χ1n) is 8.00. The Bertz CT molecular complexity index is 471. The van der Waals surface area contributed by atoms with Crippen LogP contribution in [0.5, 0.6) is 0 Å². The van der Waals surface area contributed by atoms with Crippen LogP contribution in [0, 0.1) is 0 Å². The molecule has 24 heavy (non-hydrogen) atoms. The summed E-state index contributed by atoms with van der Waals surface area (Å²) in [4.78, 5) is 19.0. The fourth-order valence-electron chi connectivity index (χ4n) is 2.59. The number of pyridine rings is 1. The second-order valence-electron chi connectivity index (χ2n) is 5.42. The fourth-order valence-corrected chi connectivity index (χ4v) is 2.59. The molecule has 0 spiro atoms. The van der Waals surface area contributed by atoms with Gasteiger partial charge in [0.2, 0.25) is 0 Å². The Labute approximate surface area is 156 Å². The zero-order chi connectivity index (χ0) is 15.6. The van der Waals surface area contributed by atoms with Crippen molar-refractivity contribution in [3.8, 4) is 0 Å². The predicted molar refractivity (Wildman–Crippen MR) is 102 cm³/mol. The smallest absolute Gasteiger partial charge is 0.255 e. The molecule has 2 rings (SSSR count). The normalized spacial score (nSPS) is 13.6. The molecule has 0 bridgehead atoms. The van der Waals surface area contributed by atoms with Crippen LogP contribution >= 0.6 is 24.8 Å². The predicted octanol–water partition coefficient (Wildman–Crippen LogP) is 1.88. The monoisotopic (exact) mass is 378 g/mol. The minimum absolute atomic E-state index is 0. The van der Waals surface area contributed by atoms with Crippen molar-refractivity contribution in [2.75, 3.05) is 51.3 Å². The van der Waals surface area contributed by atoms with Crippen LogP contribution in [0.4, 0.5) is 5.82 Å². The first-order valence-corrected chi connectivity index (χ1v) is 8.00. The number of carbonyl (C=O) groups excluding carboxylic acids is 1. The maximum atomic E-state index is 12.4. The third-order valence-corrected chi connectivity index (χ3v) is 3.76. The molecule has 8 heteroatoms. The molecule has 1 fully saturated rings. The number of carbonyl (C=O) groups is 1. The van der Waals surface area contributed by atoms with Crippen molar-refractivity contribution in [1.82, 2.24) is 15.6 Å². The summed E-state index contributed by atoms with van der Waals surface area (Å²) < 4.78 is 4.96. The number of aromatic nitrogens is 1. The molecule has 0 aliphatic carbocycles. The van der Waals surface area contributed by atoms with Gasteiger partial charge in [-0.15, -0.1) is 24.8 Å². The summed E-state index contributed by atoms with van der Waals surface area (Å²) in [5, 5.41) is 6.15. The van der Waals surface area contributed by atoms with Crippen LogP contribution in [0.15, 0.2) is 18.3 Å². The molecule has 1 aliphatic rings. The topological polar surface area (TPSA) is 66.5 Å². The lowest BCUT2D eigenvalue weighted by Crippen LogP contribution is -2.36. The van der Waals surface area contributed by atoms with Crippen LogP contribution in [-0.4, -0.2) is 57.3 Å². The molecule has 2 N–H and O–H groups in total. The summed E-state index contributed by atoms with van der Waals surface area (Å²) >= 11 is 0.